The van der Waals surface area contributed by atoms with E-state index < -0.39 is 0 Å². The lowest BCUT2D eigenvalue weighted by molar-refractivity contribution is 0.0962. The van der Waals surface area contributed by atoms with Gasteiger partial charge in [0.2, 0.25) is 0 Å². The van der Waals surface area contributed by atoms with Crippen LogP contribution in [0.5, 0.6) is 0 Å². The lowest BCUT2D eigenvalue weighted by Gasteiger charge is -2.33. The third-order valence-corrected chi connectivity index (χ3v) is 7.22. The molecule has 1 unspecified atom stereocenters. The monoisotopic (exact) mass is 468 g/mol. The second-order valence-corrected chi connectivity index (χ2v) is 10.8. The van der Waals surface area contributed by atoms with Crippen molar-refractivity contribution in [3.63, 3.8) is 0 Å². The number of carbonyl (C=O) groups excluding carboxylic acids is 1. The molecule has 1 aromatic heterocycles. The van der Waals surface area contributed by atoms with Crippen molar-refractivity contribution >= 4 is 16.8 Å². The molecule has 0 saturated carbocycles. The summed E-state index contributed by atoms with van der Waals surface area (Å²) in [5, 5.41) is 8.73. The molecule has 1 fully saturated rings. The van der Waals surface area contributed by atoms with Crippen molar-refractivity contribution in [1.82, 2.24) is 20.0 Å². The van der Waals surface area contributed by atoms with Crippen LogP contribution in [0.15, 0.2) is 72.5 Å². The normalized spacial score (nSPS) is 19.1. The van der Waals surface area contributed by atoms with E-state index in [0.29, 0.717) is 18.3 Å². The Kier molecular flexibility index (Phi) is 6.61. The van der Waals surface area contributed by atoms with Gasteiger partial charge in [0.15, 0.2) is 5.69 Å². The number of fused-ring (bicyclic) bond motifs is 1. The van der Waals surface area contributed by atoms with E-state index in [4.69, 9.17) is 5.10 Å². The van der Waals surface area contributed by atoms with Gasteiger partial charge >= 0.3 is 0 Å². The number of nitrogens with zero attached hydrogens (tertiary/aromatic N) is 3. The summed E-state index contributed by atoms with van der Waals surface area (Å²) >= 11 is 0. The number of aromatic nitrogens is 2. The van der Waals surface area contributed by atoms with Crippen LogP contribution in [0, 0.1) is 0 Å². The average molecular weight is 469 g/mol. The van der Waals surface area contributed by atoms with E-state index in [0.717, 1.165) is 23.0 Å². The van der Waals surface area contributed by atoms with Crippen molar-refractivity contribution in [2.45, 2.75) is 64.5 Å². The first-order chi connectivity index (χ1) is 16.9. The average Bonchev–Trinajstić information content (AvgIpc) is 3.23. The molecular weight excluding hydrogens is 432 g/mol. The molecule has 1 aliphatic heterocycles. The van der Waals surface area contributed by atoms with Gasteiger partial charge in [-0.25, -0.2) is 0 Å². The largest absolute Gasteiger partial charge is 0.321 e. The molecular formula is C30H36N4O. The van der Waals surface area contributed by atoms with Gasteiger partial charge in [-0.3, -0.25) is 14.4 Å². The number of carbonyl (C=O) groups is 1. The molecule has 1 amide bonds. The first kappa shape index (κ1) is 23.6. The Morgan fingerprint density at radius 2 is 1.77 bits per heavy atom. The van der Waals surface area contributed by atoms with Gasteiger partial charge in [-0.1, -0.05) is 81.8 Å². The SMILES string of the molecule is CC(C)(C)c1ccc(Cn2nc(C(=O)NC3=CCC(N4CCCCC4)C=C3)c3ccccc32)cc1. The molecule has 2 aliphatic rings. The van der Waals surface area contributed by atoms with Crippen LogP contribution in [0.2, 0.25) is 0 Å². The highest BCUT2D eigenvalue weighted by Gasteiger charge is 2.22. The minimum absolute atomic E-state index is 0.123. The number of allylic oxidation sites excluding steroid dienone is 1. The fraction of sp³-hybridized carbons (Fsp3) is 0.400. The molecule has 1 atom stereocenters. The molecule has 182 valence electrons. The molecule has 1 saturated heterocycles. The van der Waals surface area contributed by atoms with Gasteiger partial charge in [0, 0.05) is 17.1 Å². The maximum atomic E-state index is 13.3. The summed E-state index contributed by atoms with van der Waals surface area (Å²) in [6, 6.07) is 17.1. The van der Waals surface area contributed by atoms with Crippen molar-refractivity contribution in [2.24, 2.45) is 0 Å². The molecule has 35 heavy (non-hydrogen) atoms. The lowest BCUT2D eigenvalue weighted by Crippen LogP contribution is -2.39. The van der Waals surface area contributed by atoms with E-state index in [2.05, 4.69) is 73.5 Å². The van der Waals surface area contributed by atoms with E-state index >= 15 is 0 Å². The van der Waals surface area contributed by atoms with Crippen molar-refractivity contribution < 1.29 is 4.79 Å². The Morgan fingerprint density at radius 1 is 1.03 bits per heavy atom. The highest BCUT2D eigenvalue weighted by atomic mass is 16.2. The number of hydrogen-bond donors (Lipinski definition) is 1. The number of rotatable bonds is 5. The zero-order valence-corrected chi connectivity index (χ0v) is 21.1. The molecule has 5 nitrogen and oxygen atoms in total. The van der Waals surface area contributed by atoms with Crippen LogP contribution >= 0.6 is 0 Å². The second-order valence-electron chi connectivity index (χ2n) is 10.8. The smallest absolute Gasteiger partial charge is 0.276 e. The summed E-state index contributed by atoms with van der Waals surface area (Å²) in [6.07, 6.45) is 11.3. The number of para-hydroxylation sites is 1. The fourth-order valence-corrected chi connectivity index (χ4v) is 5.11. The summed E-state index contributed by atoms with van der Waals surface area (Å²) in [6.45, 7) is 9.63. The lowest BCUT2D eigenvalue weighted by atomic mass is 9.87. The molecule has 0 radical (unpaired) electrons. The predicted molar refractivity (Wildman–Crippen MR) is 142 cm³/mol. The zero-order chi connectivity index (χ0) is 24.4. The number of nitrogens with one attached hydrogen (secondary N) is 1. The highest BCUT2D eigenvalue weighted by Crippen LogP contribution is 2.24. The zero-order valence-electron chi connectivity index (χ0n) is 21.1. The Morgan fingerprint density at radius 3 is 2.46 bits per heavy atom. The highest BCUT2D eigenvalue weighted by molar-refractivity contribution is 6.05. The van der Waals surface area contributed by atoms with Crippen LogP contribution in [-0.4, -0.2) is 39.7 Å². The van der Waals surface area contributed by atoms with Crippen molar-refractivity contribution in [3.05, 3.63) is 89.3 Å². The van der Waals surface area contributed by atoms with E-state index in [1.54, 1.807) is 0 Å². The standard InChI is InChI=1S/C30H36N4O/c1-30(2,3)23-13-11-22(12-14-23)21-34-27-10-6-5-9-26(27)28(32-34)29(35)31-24-15-17-25(18-16-24)33-19-7-4-8-20-33/h5-6,9-17,25H,4,7-8,18-21H2,1-3H3,(H,31,35). The molecule has 1 N–H and O–H groups in total. The third kappa shape index (κ3) is 5.25. The molecule has 1 aliphatic carbocycles. The number of likely N-dealkylation sites (tertiary alicyclic amines) is 1. The van der Waals surface area contributed by atoms with Crippen LogP contribution < -0.4 is 5.32 Å². The number of benzene rings is 2. The maximum Gasteiger partial charge on any atom is 0.276 e. The van der Waals surface area contributed by atoms with Gasteiger partial charge in [0.05, 0.1) is 12.1 Å². The van der Waals surface area contributed by atoms with Crippen LogP contribution in [-0.2, 0) is 12.0 Å². The van der Waals surface area contributed by atoms with Gasteiger partial charge in [0.1, 0.15) is 0 Å². The summed E-state index contributed by atoms with van der Waals surface area (Å²) in [5.74, 6) is -0.157. The quantitative estimate of drug-likeness (QED) is 0.514. The Labute approximate surface area is 208 Å². The predicted octanol–water partition coefficient (Wildman–Crippen LogP) is 5.81. The summed E-state index contributed by atoms with van der Waals surface area (Å²) in [4.78, 5) is 15.8. The van der Waals surface area contributed by atoms with Crippen LogP contribution in [0.4, 0.5) is 0 Å². The fourth-order valence-electron chi connectivity index (χ4n) is 5.11. The van der Waals surface area contributed by atoms with Crippen LogP contribution in [0.3, 0.4) is 0 Å². The third-order valence-electron chi connectivity index (χ3n) is 7.22. The van der Waals surface area contributed by atoms with Gasteiger partial charge in [-0.05, 0) is 61.0 Å². The molecule has 2 heterocycles. The molecule has 3 aromatic rings. The van der Waals surface area contributed by atoms with E-state index in [1.165, 1.54) is 43.5 Å². The summed E-state index contributed by atoms with van der Waals surface area (Å²) in [5.41, 5.74) is 4.90. The van der Waals surface area contributed by atoms with Crippen LogP contribution in [0.25, 0.3) is 10.9 Å². The minimum atomic E-state index is -0.157. The number of amides is 1. The van der Waals surface area contributed by atoms with Crippen molar-refractivity contribution in [3.8, 4) is 0 Å². The van der Waals surface area contributed by atoms with E-state index in [9.17, 15) is 4.79 Å². The Hall–Kier alpha value is -3.18. The topological polar surface area (TPSA) is 50.2 Å². The Balaban J connectivity index is 1.31. The minimum Gasteiger partial charge on any atom is -0.321 e. The summed E-state index contributed by atoms with van der Waals surface area (Å²) in [7, 11) is 0. The number of piperidine rings is 1. The molecule has 0 bridgehead atoms. The maximum absolute atomic E-state index is 13.3. The van der Waals surface area contributed by atoms with E-state index in [1.807, 2.05) is 28.9 Å². The van der Waals surface area contributed by atoms with Gasteiger partial charge < -0.3 is 5.32 Å². The van der Waals surface area contributed by atoms with Gasteiger partial charge in [-0.15, -0.1) is 0 Å². The first-order valence-corrected chi connectivity index (χ1v) is 12.9. The van der Waals surface area contributed by atoms with Crippen LogP contribution in [0.1, 0.15) is 68.1 Å². The molecule has 5 rings (SSSR count). The molecule has 2 aromatic carbocycles. The molecule has 5 heteroatoms. The van der Waals surface area contributed by atoms with Gasteiger partial charge in [-0.2, -0.15) is 5.10 Å². The Bertz CT molecular complexity index is 1250. The van der Waals surface area contributed by atoms with Crippen molar-refractivity contribution in [1.29, 1.82) is 0 Å². The number of hydrogen-bond acceptors (Lipinski definition) is 3. The second kappa shape index (κ2) is 9.82. The summed E-state index contributed by atoms with van der Waals surface area (Å²) < 4.78 is 1.94. The van der Waals surface area contributed by atoms with Crippen molar-refractivity contribution in [2.75, 3.05) is 13.1 Å². The van der Waals surface area contributed by atoms with Gasteiger partial charge in [0.25, 0.3) is 5.91 Å². The molecule has 0 spiro atoms. The van der Waals surface area contributed by atoms with E-state index in [-0.39, 0.29) is 11.3 Å². The first-order valence-electron chi connectivity index (χ1n) is 12.9.